The van der Waals surface area contributed by atoms with Crippen LogP contribution in [0.15, 0.2) is 12.2 Å². The molecule has 0 aromatic rings. The third-order valence-corrected chi connectivity index (χ3v) is 3.91. The molecule has 84 valence electrons. The van der Waals surface area contributed by atoms with Crippen LogP contribution in [0.4, 0.5) is 0 Å². The van der Waals surface area contributed by atoms with Crippen molar-refractivity contribution in [3.05, 3.63) is 12.2 Å². The van der Waals surface area contributed by atoms with Gasteiger partial charge in [0.1, 0.15) is 5.78 Å². The smallest absolute Gasteiger partial charge is 0.136 e. The lowest BCUT2D eigenvalue weighted by atomic mass is 9.77. The van der Waals surface area contributed by atoms with Crippen LogP contribution in [0.25, 0.3) is 0 Å². The van der Waals surface area contributed by atoms with E-state index in [-0.39, 0.29) is 0 Å². The summed E-state index contributed by atoms with van der Waals surface area (Å²) in [5.74, 6) is 1.48. The zero-order valence-electron chi connectivity index (χ0n) is 9.58. The summed E-state index contributed by atoms with van der Waals surface area (Å²) in [6.07, 6.45) is 15.3. The average Bonchev–Trinajstić information content (AvgIpc) is 2.18. The molecule has 0 radical (unpaired) electrons. The van der Waals surface area contributed by atoms with Gasteiger partial charge in [0.15, 0.2) is 0 Å². The van der Waals surface area contributed by atoms with Crippen molar-refractivity contribution in [1.82, 2.24) is 0 Å². The van der Waals surface area contributed by atoms with Crippen molar-refractivity contribution < 1.29 is 4.79 Å². The number of hydrogen-bond donors (Lipinski definition) is 0. The molecule has 2 aliphatic carbocycles. The molecule has 0 saturated heterocycles. The highest BCUT2D eigenvalue weighted by Gasteiger charge is 2.27. The molecule has 2 aliphatic rings. The van der Waals surface area contributed by atoms with Gasteiger partial charge in [-0.15, -0.1) is 0 Å². The zero-order valence-corrected chi connectivity index (χ0v) is 9.58. The predicted octanol–water partition coefficient (Wildman–Crippen LogP) is 3.88. The summed E-state index contributed by atoms with van der Waals surface area (Å²) < 4.78 is 0. The quantitative estimate of drug-likeness (QED) is 0.550. The van der Waals surface area contributed by atoms with Gasteiger partial charge in [-0.3, -0.25) is 4.79 Å². The molecule has 0 heterocycles. The minimum absolute atomic E-state index is 0.363. The van der Waals surface area contributed by atoms with E-state index in [1.165, 1.54) is 32.1 Å². The Labute approximate surface area is 92.9 Å². The summed E-state index contributed by atoms with van der Waals surface area (Å²) in [4.78, 5) is 12.0. The average molecular weight is 206 g/mol. The lowest BCUT2D eigenvalue weighted by Crippen LogP contribution is -2.24. The number of Topliss-reactive ketones (excluding diaryl/α,β-unsaturated/α-hetero) is 1. The van der Waals surface area contributed by atoms with Crippen LogP contribution < -0.4 is 0 Å². The standard InChI is InChI=1S/C14H22O/c15-14-11-7-3-5-9-12-8-4-1-2-6-10-13(12)14/h5,9,12-13H,1-4,6-8,10-11H2/b9-5+/t12-,13-/m0/s1. The molecule has 2 rings (SSSR count). The van der Waals surface area contributed by atoms with Gasteiger partial charge in [-0.2, -0.15) is 0 Å². The Morgan fingerprint density at radius 3 is 2.67 bits per heavy atom. The fourth-order valence-electron chi connectivity index (χ4n) is 2.99. The fraction of sp³-hybridized carbons (Fsp3) is 0.786. The van der Waals surface area contributed by atoms with E-state index in [1.54, 1.807) is 0 Å². The number of hydrogen-bond acceptors (Lipinski definition) is 1. The van der Waals surface area contributed by atoms with Crippen LogP contribution in [0, 0.1) is 11.8 Å². The fourth-order valence-corrected chi connectivity index (χ4v) is 2.99. The molecule has 0 unspecified atom stereocenters. The van der Waals surface area contributed by atoms with Crippen LogP contribution in [0.3, 0.4) is 0 Å². The van der Waals surface area contributed by atoms with Crippen molar-refractivity contribution in [3.8, 4) is 0 Å². The lowest BCUT2D eigenvalue weighted by Gasteiger charge is -2.27. The third kappa shape index (κ3) is 2.93. The first-order chi connectivity index (χ1) is 7.38. The molecule has 0 aromatic carbocycles. The van der Waals surface area contributed by atoms with Gasteiger partial charge in [-0.05, 0) is 31.6 Å². The van der Waals surface area contributed by atoms with Crippen molar-refractivity contribution in [3.63, 3.8) is 0 Å². The number of fused-ring (bicyclic) bond motifs is 1. The number of rotatable bonds is 0. The normalized spacial score (nSPS) is 35.6. The van der Waals surface area contributed by atoms with Gasteiger partial charge in [0.2, 0.25) is 0 Å². The van der Waals surface area contributed by atoms with E-state index in [1.807, 2.05) is 0 Å². The molecule has 0 bridgehead atoms. The Morgan fingerprint density at radius 1 is 1.00 bits per heavy atom. The molecular formula is C14H22O. The highest BCUT2D eigenvalue weighted by Crippen LogP contribution is 2.32. The van der Waals surface area contributed by atoms with Gasteiger partial charge in [-0.25, -0.2) is 0 Å². The van der Waals surface area contributed by atoms with Gasteiger partial charge in [0.05, 0.1) is 0 Å². The van der Waals surface area contributed by atoms with Crippen molar-refractivity contribution in [2.45, 2.75) is 57.8 Å². The highest BCUT2D eigenvalue weighted by atomic mass is 16.1. The van der Waals surface area contributed by atoms with Crippen LogP contribution in [0.5, 0.6) is 0 Å². The highest BCUT2D eigenvalue weighted by molar-refractivity contribution is 5.81. The van der Waals surface area contributed by atoms with Gasteiger partial charge in [-0.1, -0.05) is 37.8 Å². The number of allylic oxidation sites excluding steroid dienone is 2. The monoisotopic (exact) mass is 206 g/mol. The largest absolute Gasteiger partial charge is 0.299 e. The summed E-state index contributed by atoms with van der Waals surface area (Å²) in [5.41, 5.74) is 0. The Hall–Kier alpha value is -0.590. The molecule has 0 amide bonds. The van der Waals surface area contributed by atoms with E-state index in [2.05, 4.69) is 12.2 Å². The molecule has 1 nitrogen and oxygen atoms in total. The van der Waals surface area contributed by atoms with E-state index in [4.69, 9.17) is 0 Å². The zero-order chi connectivity index (χ0) is 10.5. The lowest BCUT2D eigenvalue weighted by molar-refractivity contribution is -0.124. The maximum absolute atomic E-state index is 12.0. The molecule has 15 heavy (non-hydrogen) atoms. The van der Waals surface area contributed by atoms with Gasteiger partial charge < -0.3 is 0 Å². The van der Waals surface area contributed by atoms with Crippen molar-refractivity contribution in [2.24, 2.45) is 11.8 Å². The molecule has 2 atom stereocenters. The minimum Gasteiger partial charge on any atom is -0.299 e. The molecular weight excluding hydrogens is 184 g/mol. The SMILES string of the molecule is O=C1CCC/C=C/[C@@H]2CCCCCC[C@H]12. The molecule has 0 aliphatic heterocycles. The van der Waals surface area contributed by atoms with Crippen LogP contribution in [-0.4, -0.2) is 5.78 Å². The van der Waals surface area contributed by atoms with Gasteiger partial charge in [0, 0.05) is 12.3 Å². The summed E-state index contributed by atoms with van der Waals surface area (Å²) in [6.45, 7) is 0. The summed E-state index contributed by atoms with van der Waals surface area (Å²) in [5, 5.41) is 0. The second-order valence-corrected chi connectivity index (χ2v) is 5.05. The first-order valence-corrected chi connectivity index (χ1v) is 6.57. The number of carbonyl (C=O) groups excluding carboxylic acids is 1. The molecule has 0 spiro atoms. The van der Waals surface area contributed by atoms with Crippen LogP contribution in [0.1, 0.15) is 57.8 Å². The summed E-state index contributed by atoms with van der Waals surface area (Å²) >= 11 is 0. The first-order valence-electron chi connectivity index (χ1n) is 6.57. The molecule has 1 saturated carbocycles. The maximum Gasteiger partial charge on any atom is 0.136 e. The molecule has 0 aromatic heterocycles. The van der Waals surface area contributed by atoms with Gasteiger partial charge >= 0.3 is 0 Å². The first kappa shape index (κ1) is 10.9. The summed E-state index contributed by atoms with van der Waals surface area (Å²) in [6, 6.07) is 0. The molecule has 1 heteroatoms. The Balaban J connectivity index is 2.09. The van der Waals surface area contributed by atoms with E-state index in [0.29, 0.717) is 17.6 Å². The topological polar surface area (TPSA) is 17.1 Å². The Bertz CT molecular complexity index is 242. The second kappa shape index (κ2) is 5.48. The Kier molecular flexibility index (Phi) is 3.99. The maximum atomic E-state index is 12.0. The molecule has 1 fully saturated rings. The van der Waals surface area contributed by atoms with E-state index in [0.717, 1.165) is 25.7 Å². The Morgan fingerprint density at radius 2 is 1.80 bits per heavy atom. The number of ketones is 1. The third-order valence-electron chi connectivity index (χ3n) is 3.91. The van der Waals surface area contributed by atoms with Crippen LogP contribution >= 0.6 is 0 Å². The van der Waals surface area contributed by atoms with Gasteiger partial charge in [0.25, 0.3) is 0 Å². The predicted molar refractivity (Wildman–Crippen MR) is 62.7 cm³/mol. The van der Waals surface area contributed by atoms with Crippen molar-refractivity contribution in [1.29, 1.82) is 0 Å². The van der Waals surface area contributed by atoms with Crippen LogP contribution in [-0.2, 0) is 4.79 Å². The van der Waals surface area contributed by atoms with E-state index < -0.39 is 0 Å². The second-order valence-electron chi connectivity index (χ2n) is 5.05. The van der Waals surface area contributed by atoms with Crippen molar-refractivity contribution >= 4 is 5.78 Å². The molecule has 0 N–H and O–H groups in total. The number of carbonyl (C=O) groups is 1. The van der Waals surface area contributed by atoms with Crippen molar-refractivity contribution in [2.75, 3.05) is 0 Å². The van der Waals surface area contributed by atoms with Crippen LogP contribution in [0.2, 0.25) is 0 Å². The summed E-state index contributed by atoms with van der Waals surface area (Å²) in [7, 11) is 0. The van der Waals surface area contributed by atoms with E-state index >= 15 is 0 Å². The minimum atomic E-state index is 0.363. The van der Waals surface area contributed by atoms with E-state index in [9.17, 15) is 4.79 Å².